The average Bonchev–Trinajstić information content (AvgIpc) is 3.33. The minimum atomic E-state index is -0.927. The third-order valence-electron chi connectivity index (χ3n) is 7.84. The van der Waals surface area contributed by atoms with Crippen LogP contribution < -0.4 is 21.9 Å². The van der Waals surface area contributed by atoms with Crippen LogP contribution in [0.2, 0.25) is 0 Å². The standard InChI is InChI=1S/C30H34N6O3.ClH/c1-18-17-33-13-12-24(18)21-6-2-19(3-7-21)14-26(32)30(39)36(29(38)22-8-4-20(16-31)5-9-22)23-10-11-25-27(15-23)34-35-28(25)37;/h2-3,6-7,10-13,15,17,20,22,26H,4-5,8-9,14,16,31-32H2,1H3,(H2,34,35,37);1H/t20-,22-,26-;/m0./s1. The Morgan fingerprint density at radius 3 is 2.45 bits per heavy atom. The van der Waals surface area contributed by atoms with Gasteiger partial charge in [-0.25, -0.2) is 4.90 Å². The summed E-state index contributed by atoms with van der Waals surface area (Å²) in [6, 6.07) is 13.9. The van der Waals surface area contributed by atoms with Crippen molar-refractivity contribution in [2.75, 3.05) is 11.4 Å². The number of carbonyl (C=O) groups excluding carboxylic acids is 2. The number of nitrogens with zero attached hydrogens (tertiary/aromatic N) is 2. The molecule has 2 aromatic heterocycles. The number of carbonyl (C=O) groups is 2. The second kappa shape index (κ2) is 12.6. The summed E-state index contributed by atoms with van der Waals surface area (Å²) in [5.74, 6) is -0.604. The lowest BCUT2D eigenvalue weighted by atomic mass is 9.81. The van der Waals surface area contributed by atoms with Gasteiger partial charge in [0.15, 0.2) is 0 Å². The fourth-order valence-corrected chi connectivity index (χ4v) is 5.48. The van der Waals surface area contributed by atoms with Gasteiger partial charge in [-0.15, -0.1) is 12.4 Å². The molecule has 9 nitrogen and oxygen atoms in total. The third-order valence-corrected chi connectivity index (χ3v) is 7.84. The maximum Gasteiger partial charge on any atom is 0.271 e. The predicted octanol–water partition coefficient (Wildman–Crippen LogP) is 3.84. The van der Waals surface area contributed by atoms with E-state index in [0.29, 0.717) is 41.9 Å². The van der Waals surface area contributed by atoms with Crippen molar-refractivity contribution in [3.05, 3.63) is 82.4 Å². The molecule has 1 atom stereocenters. The van der Waals surface area contributed by atoms with Crippen LogP contribution in [-0.4, -0.2) is 39.6 Å². The first kappa shape index (κ1) is 29.2. The molecular weight excluding hydrogens is 528 g/mol. The van der Waals surface area contributed by atoms with Gasteiger partial charge >= 0.3 is 0 Å². The lowest BCUT2D eigenvalue weighted by Crippen LogP contribution is -2.50. The molecule has 2 aromatic carbocycles. The van der Waals surface area contributed by atoms with Crippen molar-refractivity contribution in [1.29, 1.82) is 0 Å². The van der Waals surface area contributed by atoms with E-state index in [1.807, 2.05) is 43.5 Å². The van der Waals surface area contributed by atoms with Crippen molar-refractivity contribution in [3.8, 4) is 11.1 Å². The largest absolute Gasteiger partial charge is 0.330 e. The smallest absolute Gasteiger partial charge is 0.271 e. The molecule has 2 amide bonds. The third kappa shape index (κ3) is 6.01. The molecule has 0 aliphatic heterocycles. The van der Waals surface area contributed by atoms with Crippen LogP contribution >= 0.6 is 12.4 Å². The van der Waals surface area contributed by atoms with Gasteiger partial charge < -0.3 is 11.5 Å². The number of nitrogens with two attached hydrogens (primary N) is 2. The zero-order valence-corrected chi connectivity index (χ0v) is 23.2. The van der Waals surface area contributed by atoms with Crippen LogP contribution in [0.15, 0.2) is 65.7 Å². The van der Waals surface area contributed by atoms with Gasteiger partial charge in [-0.1, -0.05) is 24.3 Å². The van der Waals surface area contributed by atoms with E-state index in [1.165, 1.54) is 4.90 Å². The Bertz CT molecular complexity index is 1540. The van der Waals surface area contributed by atoms with E-state index in [0.717, 1.165) is 35.1 Å². The number of amides is 2. The van der Waals surface area contributed by atoms with Crippen molar-refractivity contribution >= 4 is 40.8 Å². The number of halogens is 1. The molecule has 0 spiro atoms. The van der Waals surface area contributed by atoms with Crippen LogP contribution in [0.3, 0.4) is 0 Å². The zero-order valence-electron chi connectivity index (χ0n) is 22.4. The summed E-state index contributed by atoms with van der Waals surface area (Å²) in [6.07, 6.45) is 6.94. The van der Waals surface area contributed by atoms with Crippen LogP contribution in [0.25, 0.3) is 22.0 Å². The Morgan fingerprint density at radius 1 is 1.05 bits per heavy atom. The zero-order chi connectivity index (χ0) is 27.5. The molecule has 40 heavy (non-hydrogen) atoms. The van der Waals surface area contributed by atoms with Gasteiger partial charge in [0, 0.05) is 18.3 Å². The number of aromatic nitrogens is 3. The number of hydrogen-bond acceptors (Lipinski definition) is 6. The monoisotopic (exact) mass is 562 g/mol. The number of nitrogens with one attached hydrogen (secondary N) is 2. The average molecular weight is 563 g/mol. The van der Waals surface area contributed by atoms with E-state index in [4.69, 9.17) is 11.5 Å². The second-order valence-electron chi connectivity index (χ2n) is 10.5. The quantitative estimate of drug-likeness (QED) is 0.268. The molecule has 0 radical (unpaired) electrons. The first-order chi connectivity index (χ1) is 18.9. The minimum absolute atomic E-state index is 0. The van der Waals surface area contributed by atoms with E-state index >= 15 is 0 Å². The summed E-state index contributed by atoms with van der Waals surface area (Å²) in [5.41, 5.74) is 17.1. The summed E-state index contributed by atoms with van der Waals surface area (Å²) in [6.45, 7) is 2.62. The summed E-state index contributed by atoms with van der Waals surface area (Å²) in [5, 5.41) is 5.81. The summed E-state index contributed by atoms with van der Waals surface area (Å²) >= 11 is 0. The van der Waals surface area contributed by atoms with E-state index in [2.05, 4.69) is 15.2 Å². The topological polar surface area (TPSA) is 151 Å². The van der Waals surface area contributed by atoms with Crippen LogP contribution in [0.1, 0.15) is 36.8 Å². The van der Waals surface area contributed by atoms with Crippen molar-refractivity contribution in [2.45, 2.75) is 45.1 Å². The van der Waals surface area contributed by atoms with Gasteiger partial charge in [-0.05, 0) is 98.0 Å². The highest BCUT2D eigenvalue weighted by atomic mass is 35.5. The molecule has 5 rings (SSSR count). The van der Waals surface area contributed by atoms with Gasteiger partial charge in [0.2, 0.25) is 5.91 Å². The molecule has 6 N–H and O–H groups in total. The molecule has 2 heterocycles. The summed E-state index contributed by atoms with van der Waals surface area (Å²) in [7, 11) is 0. The Balaban J connectivity index is 0.00000370. The van der Waals surface area contributed by atoms with Crippen molar-refractivity contribution in [1.82, 2.24) is 15.2 Å². The lowest BCUT2D eigenvalue weighted by molar-refractivity contribution is -0.130. The van der Waals surface area contributed by atoms with E-state index in [1.54, 1.807) is 24.4 Å². The Kier molecular flexibility index (Phi) is 9.19. The normalized spacial score (nSPS) is 17.7. The summed E-state index contributed by atoms with van der Waals surface area (Å²) < 4.78 is 0. The molecule has 1 fully saturated rings. The molecule has 1 aliphatic carbocycles. The summed E-state index contributed by atoms with van der Waals surface area (Å²) in [4.78, 5) is 45.0. The molecule has 1 saturated carbocycles. The first-order valence-corrected chi connectivity index (χ1v) is 13.4. The first-order valence-electron chi connectivity index (χ1n) is 13.4. The maximum atomic E-state index is 13.8. The number of hydrogen-bond donors (Lipinski definition) is 4. The number of pyridine rings is 1. The predicted molar refractivity (Wildman–Crippen MR) is 159 cm³/mol. The lowest BCUT2D eigenvalue weighted by Gasteiger charge is -2.32. The second-order valence-corrected chi connectivity index (χ2v) is 10.5. The number of benzene rings is 2. The van der Waals surface area contributed by atoms with Gasteiger partial charge in [0.25, 0.3) is 11.5 Å². The van der Waals surface area contributed by atoms with E-state index in [9.17, 15) is 14.4 Å². The molecule has 0 bridgehead atoms. The highest BCUT2D eigenvalue weighted by Gasteiger charge is 2.35. The number of H-pyrrole nitrogens is 2. The molecule has 4 aromatic rings. The number of aryl methyl sites for hydroxylation is 1. The van der Waals surface area contributed by atoms with Crippen molar-refractivity contribution in [2.24, 2.45) is 23.3 Å². The molecule has 10 heteroatoms. The number of aromatic amines is 2. The van der Waals surface area contributed by atoms with Gasteiger partial charge in [0.1, 0.15) is 0 Å². The fourth-order valence-electron chi connectivity index (χ4n) is 5.48. The molecule has 0 saturated heterocycles. The van der Waals surface area contributed by atoms with Gasteiger partial charge in [-0.3, -0.25) is 29.6 Å². The van der Waals surface area contributed by atoms with Crippen molar-refractivity contribution in [3.63, 3.8) is 0 Å². The molecule has 210 valence electrons. The van der Waals surface area contributed by atoms with Crippen LogP contribution in [0.5, 0.6) is 0 Å². The fraction of sp³-hybridized carbons (Fsp3) is 0.333. The Morgan fingerprint density at radius 2 is 1.77 bits per heavy atom. The highest BCUT2D eigenvalue weighted by Crippen LogP contribution is 2.32. The highest BCUT2D eigenvalue weighted by molar-refractivity contribution is 6.17. The Hall–Kier alpha value is -3.79. The number of rotatable bonds is 7. The van der Waals surface area contributed by atoms with Gasteiger partial charge in [-0.2, -0.15) is 0 Å². The number of imide groups is 1. The molecule has 0 unspecified atom stereocenters. The van der Waals surface area contributed by atoms with Crippen LogP contribution in [0, 0.1) is 18.8 Å². The van der Waals surface area contributed by atoms with E-state index in [-0.39, 0.29) is 36.2 Å². The molecule has 1 aliphatic rings. The van der Waals surface area contributed by atoms with Crippen molar-refractivity contribution < 1.29 is 9.59 Å². The van der Waals surface area contributed by atoms with E-state index < -0.39 is 11.9 Å². The maximum absolute atomic E-state index is 13.8. The number of anilines is 1. The van der Waals surface area contributed by atoms with Crippen LogP contribution in [0.4, 0.5) is 5.69 Å². The number of fused-ring (bicyclic) bond motifs is 1. The molecular formula is C30H35ClN6O3. The SMILES string of the molecule is Cc1cnccc1-c1ccc(C[C@H](N)C(=O)N(c2ccc3c(=O)[nH][nH]c3c2)C(=O)[C@H]2CC[C@H](CN)CC2)cc1.Cl. The van der Waals surface area contributed by atoms with Gasteiger partial charge in [0.05, 0.1) is 22.6 Å². The minimum Gasteiger partial charge on any atom is -0.330 e. The Labute approximate surface area is 238 Å². The van der Waals surface area contributed by atoms with Crippen LogP contribution in [-0.2, 0) is 16.0 Å².